The number of rotatable bonds is 7. The minimum Gasteiger partial charge on any atom is -0.381 e. The van der Waals surface area contributed by atoms with E-state index in [-0.39, 0.29) is 12.3 Å². The molecule has 0 heterocycles. The second-order valence-corrected chi connectivity index (χ2v) is 2.22. The Morgan fingerprint density at radius 2 is 2.08 bits per heavy atom. The van der Waals surface area contributed by atoms with E-state index in [4.69, 9.17) is 15.2 Å². The number of ether oxygens (including phenoxy) is 2. The first-order valence-electron chi connectivity index (χ1n) is 3.77. The molecule has 0 bridgehead atoms. The topological polar surface area (TPSA) is 61.6 Å². The first kappa shape index (κ1) is 11.1. The van der Waals surface area contributed by atoms with Gasteiger partial charge < -0.3 is 15.2 Å². The summed E-state index contributed by atoms with van der Waals surface area (Å²) in [5.41, 5.74) is 4.90. The van der Waals surface area contributed by atoms with Gasteiger partial charge in [0.05, 0.1) is 19.8 Å². The molecule has 1 amide bonds. The fourth-order valence-corrected chi connectivity index (χ4v) is 0.556. The molecule has 4 nitrogen and oxygen atoms in total. The molecular formula is C8H15NO3. The zero-order valence-electron chi connectivity index (χ0n) is 7.29. The maximum atomic E-state index is 10.2. The van der Waals surface area contributed by atoms with E-state index in [0.29, 0.717) is 19.8 Å². The quantitative estimate of drug-likeness (QED) is 0.438. The van der Waals surface area contributed by atoms with Crippen LogP contribution < -0.4 is 5.73 Å². The average molecular weight is 173 g/mol. The van der Waals surface area contributed by atoms with Gasteiger partial charge in [-0.05, 0) is 0 Å². The monoisotopic (exact) mass is 173 g/mol. The molecule has 0 aliphatic heterocycles. The Bertz CT molecular complexity index is 145. The number of nitrogens with two attached hydrogens (primary N) is 1. The highest BCUT2D eigenvalue weighted by molar-refractivity contribution is 5.73. The lowest BCUT2D eigenvalue weighted by molar-refractivity contribution is -0.118. The normalized spacial score (nSPS) is 10.8. The number of hydrogen-bond donors (Lipinski definition) is 1. The third-order valence-corrected chi connectivity index (χ3v) is 1.14. The molecule has 0 atom stereocenters. The Labute approximate surface area is 72.3 Å². The smallest absolute Gasteiger partial charge is 0.219 e. The summed E-state index contributed by atoms with van der Waals surface area (Å²) in [6, 6.07) is 0. The standard InChI is InChI=1S/C8H15NO3/c1-11-5-2-3-6-12-7-4-8(9)10/h2-3H,4-7H2,1H3,(H2,9,10)/b3-2+. The van der Waals surface area contributed by atoms with Crippen molar-refractivity contribution in [1.29, 1.82) is 0 Å². The van der Waals surface area contributed by atoms with E-state index in [1.54, 1.807) is 7.11 Å². The number of amides is 1. The van der Waals surface area contributed by atoms with E-state index in [9.17, 15) is 4.79 Å². The van der Waals surface area contributed by atoms with Gasteiger partial charge in [0.25, 0.3) is 0 Å². The van der Waals surface area contributed by atoms with Crippen molar-refractivity contribution in [1.82, 2.24) is 0 Å². The highest BCUT2D eigenvalue weighted by Gasteiger charge is 1.91. The van der Waals surface area contributed by atoms with Crippen LogP contribution in [0.3, 0.4) is 0 Å². The van der Waals surface area contributed by atoms with Crippen LogP contribution in [0.1, 0.15) is 6.42 Å². The summed E-state index contributed by atoms with van der Waals surface area (Å²) in [4.78, 5) is 10.2. The second kappa shape index (κ2) is 8.23. The summed E-state index contributed by atoms with van der Waals surface area (Å²) in [5, 5.41) is 0. The van der Waals surface area contributed by atoms with Crippen molar-refractivity contribution in [3.05, 3.63) is 12.2 Å². The molecule has 0 aliphatic carbocycles. The van der Waals surface area contributed by atoms with Crippen molar-refractivity contribution in [3.8, 4) is 0 Å². The van der Waals surface area contributed by atoms with Crippen LogP contribution in [0, 0.1) is 0 Å². The first-order chi connectivity index (χ1) is 5.77. The number of carbonyl (C=O) groups excluding carboxylic acids is 1. The Hall–Kier alpha value is -0.870. The molecule has 4 heteroatoms. The van der Waals surface area contributed by atoms with E-state index >= 15 is 0 Å². The summed E-state index contributed by atoms with van der Waals surface area (Å²) < 4.78 is 9.82. The Morgan fingerprint density at radius 1 is 1.42 bits per heavy atom. The lowest BCUT2D eigenvalue weighted by atomic mass is 10.4. The minimum absolute atomic E-state index is 0.276. The zero-order chi connectivity index (χ0) is 9.23. The second-order valence-electron chi connectivity index (χ2n) is 2.22. The summed E-state index contributed by atoms with van der Waals surface area (Å²) in [5.74, 6) is -0.337. The first-order valence-corrected chi connectivity index (χ1v) is 3.77. The van der Waals surface area contributed by atoms with E-state index < -0.39 is 0 Å². The van der Waals surface area contributed by atoms with Gasteiger partial charge in [-0.3, -0.25) is 4.79 Å². The van der Waals surface area contributed by atoms with Crippen LogP contribution in [0.25, 0.3) is 0 Å². The molecule has 0 rings (SSSR count). The van der Waals surface area contributed by atoms with Crippen molar-refractivity contribution < 1.29 is 14.3 Å². The van der Waals surface area contributed by atoms with Gasteiger partial charge in [0.2, 0.25) is 5.91 Å². The number of primary amides is 1. The molecule has 12 heavy (non-hydrogen) atoms. The third-order valence-electron chi connectivity index (χ3n) is 1.14. The molecule has 0 radical (unpaired) electrons. The summed E-state index contributed by atoms with van der Waals surface area (Å²) >= 11 is 0. The molecule has 0 spiro atoms. The van der Waals surface area contributed by atoms with Gasteiger partial charge in [0, 0.05) is 13.5 Å². The molecule has 0 aromatic rings. The van der Waals surface area contributed by atoms with Gasteiger partial charge in [0.1, 0.15) is 0 Å². The number of carbonyl (C=O) groups is 1. The summed E-state index contributed by atoms with van der Waals surface area (Å²) in [7, 11) is 1.62. The lowest BCUT2D eigenvalue weighted by Gasteiger charge is -1.96. The van der Waals surface area contributed by atoms with Crippen LogP contribution in [0.5, 0.6) is 0 Å². The molecule has 0 aromatic carbocycles. The van der Waals surface area contributed by atoms with Crippen molar-refractivity contribution in [2.75, 3.05) is 26.9 Å². The van der Waals surface area contributed by atoms with Crippen molar-refractivity contribution in [2.24, 2.45) is 5.73 Å². The summed E-state index contributed by atoms with van der Waals surface area (Å²) in [6.07, 6.45) is 3.97. The number of hydrogen-bond acceptors (Lipinski definition) is 3. The summed E-state index contributed by atoms with van der Waals surface area (Å²) in [6.45, 7) is 1.46. The van der Waals surface area contributed by atoms with E-state index in [0.717, 1.165) is 0 Å². The van der Waals surface area contributed by atoms with Gasteiger partial charge in [-0.1, -0.05) is 12.2 Å². The highest BCUT2D eigenvalue weighted by Crippen LogP contribution is 1.82. The molecule has 0 fully saturated rings. The lowest BCUT2D eigenvalue weighted by Crippen LogP contribution is -2.13. The van der Waals surface area contributed by atoms with Crippen LogP contribution in [0.2, 0.25) is 0 Å². The maximum absolute atomic E-state index is 10.2. The Balaban J connectivity index is 3.05. The minimum atomic E-state index is -0.337. The fraction of sp³-hybridized carbons (Fsp3) is 0.625. The highest BCUT2D eigenvalue weighted by atomic mass is 16.5. The van der Waals surface area contributed by atoms with Crippen LogP contribution in [0.4, 0.5) is 0 Å². The van der Waals surface area contributed by atoms with Gasteiger partial charge >= 0.3 is 0 Å². The molecule has 0 saturated carbocycles. The molecule has 70 valence electrons. The van der Waals surface area contributed by atoms with Crippen molar-refractivity contribution in [2.45, 2.75) is 6.42 Å². The third kappa shape index (κ3) is 9.13. The van der Waals surface area contributed by atoms with E-state index in [1.165, 1.54) is 0 Å². The molecular weight excluding hydrogens is 158 g/mol. The van der Waals surface area contributed by atoms with Gasteiger partial charge in [-0.15, -0.1) is 0 Å². The van der Waals surface area contributed by atoms with Gasteiger partial charge in [0.15, 0.2) is 0 Å². The number of methoxy groups -OCH3 is 1. The van der Waals surface area contributed by atoms with Crippen LogP contribution in [-0.4, -0.2) is 32.8 Å². The van der Waals surface area contributed by atoms with Crippen molar-refractivity contribution in [3.63, 3.8) is 0 Å². The Morgan fingerprint density at radius 3 is 2.67 bits per heavy atom. The van der Waals surface area contributed by atoms with Gasteiger partial charge in [-0.2, -0.15) is 0 Å². The predicted molar refractivity (Wildman–Crippen MR) is 45.6 cm³/mol. The zero-order valence-corrected chi connectivity index (χ0v) is 7.29. The molecule has 0 unspecified atom stereocenters. The molecule has 0 aromatic heterocycles. The maximum Gasteiger partial charge on any atom is 0.219 e. The molecule has 0 saturated heterocycles. The molecule has 2 N–H and O–H groups in total. The van der Waals surface area contributed by atoms with Crippen LogP contribution in [-0.2, 0) is 14.3 Å². The Kier molecular flexibility index (Phi) is 7.63. The fourth-order valence-electron chi connectivity index (χ4n) is 0.556. The van der Waals surface area contributed by atoms with E-state index in [1.807, 2.05) is 12.2 Å². The van der Waals surface area contributed by atoms with E-state index in [2.05, 4.69) is 0 Å². The van der Waals surface area contributed by atoms with Crippen LogP contribution >= 0.6 is 0 Å². The molecule has 0 aliphatic rings. The average Bonchev–Trinajstić information content (AvgIpc) is 2.02. The van der Waals surface area contributed by atoms with Crippen LogP contribution in [0.15, 0.2) is 12.2 Å². The largest absolute Gasteiger partial charge is 0.381 e. The predicted octanol–water partition coefficient (Wildman–Crippen LogP) is 0.0810. The van der Waals surface area contributed by atoms with Gasteiger partial charge in [-0.25, -0.2) is 0 Å². The SMILES string of the molecule is COC/C=C/COCCC(N)=O. The van der Waals surface area contributed by atoms with Crippen molar-refractivity contribution >= 4 is 5.91 Å².